The van der Waals surface area contributed by atoms with E-state index in [0.717, 1.165) is 19.2 Å². The summed E-state index contributed by atoms with van der Waals surface area (Å²) in [7, 11) is 1.98. The average Bonchev–Trinajstić information content (AvgIpc) is 2.84. The first-order valence-corrected chi connectivity index (χ1v) is 8.61. The van der Waals surface area contributed by atoms with Gasteiger partial charge in [0.05, 0.1) is 5.41 Å². The molecule has 0 bridgehead atoms. The zero-order valence-electron chi connectivity index (χ0n) is 16.4. The molecule has 0 spiro atoms. The highest BCUT2D eigenvalue weighted by molar-refractivity contribution is 5.82. The molecule has 1 rings (SSSR count). The number of aliphatic imine (C=N–C) groups is 1. The fourth-order valence-corrected chi connectivity index (χ4v) is 2.69. The zero-order valence-corrected chi connectivity index (χ0v) is 16.4. The van der Waals surface area contributed by atoms with Crippen molar-refractivity contribution >= 4 is 12.6 Å². The molecule has 9 heteroatoms. The van der Waals surface area contributed by atoms with Crippen LogP contribution in [-0.2, 0) is 14.3 Å². The molecular formula is C18H28F3N3O3. The topological polar surface area (TPSA) is 63.2 Å². The van der Waals surface area contributed by atoms with Crippen LogP contribution in [0.25, 0.3) is 0 Å². The molecule has 0 unspecified atom stereocenters. The highest BCUT2D eigenvalue weighted by Gasteiger charge is 2.36. The van der Waals surface area contributed by atoms with E-state index in [1.807, 2.05) is 7.05 Å². The van der Waals surface area contributed by atoms with Gasteiger partial charge in [-0.05, 0) is 46.5 Å². The summed E-state index contributed by atoms with van der Waals surface area (Å²) >= 11 is 0. The molecular weight excluding hydrogens is 363 g/mol. The fourth-order valence-electron chi connectivity index (χ4n) is 2.69. The van der Waals surface area contributed by atoms with Gasteiger partial charge in [-0.3, -0.25) is 4.79 Å². The number of nitrogens with zero attached hydrogens (tertiary/aromatic N) is 2. The van der Waals surface area contributed by atoms with Crippen LogP contribution < -0.4 is 5.32 Å². The molecule has 27 heavy (non-hydrogen) atoms. The lowest BCUT2D eigenvalue weighted by Crippen LogP contribution is -2.47. The number of nitrogens with one attached hydrogen (secondary N) is 1. The summed E-state index contributed by atoms with van der Waals surface area (Å²) in [5.74, 6) is -0.993. The molecule has 0 aromatic heterocycles. The molecule has 1 heterocycles. The van der Waals surface area contributed by atoms with Gasteiger partial charge in [0.25, 0.3) is 5.88 Å². The van der Waals surface area contributed by atoms with Crippen LogP contribution in [-0.4, -0.2) is 56.7 Å². The van der Waals surface area contributed by atoms with E-state index in [2.05, 4.69) is 33.6 Å². The van der Waals surface area contributed by atoms with Gasteiger partial charge in [0.2, 0.25) is 5.91 Å². The highest BCUT2D eigenvalue weighted by Crippen LogP contribution is 2.26. The van der Waals surface area contributed by atoms with Gasteiger partial charge < -0.3 is 19.7 Å². The van der Waals surface area contributed by atoms with Crippen LogP contribution in [0.5, 0.6) is 0 Å². The van der Waals surface area contributed by atoms with Crippen LogP contribution in [0, 0.1) is 11.3 Å². The Hall–Kier alpha value is -2.03. The molecule has 0 aliphatic carbocycles. The van der Waals surface area contributed by atoms with Crippen LogP contribution in [0.3, 0.4) is 0 Å². The lowest BCUT2D eigenvalue weighted by atomic mass is 9.92. The second kappa shape index (κ2) is 9.25. The van der Waals surface area contributed by atoms with Crippen LogP contribution >= 0.6 is 0 Å². The van der Waals surface area contributed by atoms with Crippen LogP contribution in [0.1, 0.15) is 27.7 Å². The van der Waals surface area contributed by atoms with E-state index in [1.54, 1.807) is 13.8 Å². The summed E-state index contributed by atoms with van der Waals surface area (Å²) in [6.07, 6.45) is -2.47. The molecule has 1 amide bonds. The first-order chi connectivity index (χ1) is 12.4. The molecule has 1 N–H and O–H groups in total. The first-order valence-electron chi connectivity index (χ1n) is 8.61. The van der Waals surface area contributed by atoms with Crippen molar-refractivity contribution in [2.45, 2.75) is 40.1 Å². The Morgan fingerprint density at radius 3 is 2.44 bits per heavy atom. The van der Waals surface area contributed by atoms with Crippen molar-refractivity contribution in [1.82, 2.24) is 10.2 Å². The van der Waals surface area contributed by atoms with Crippen LogP contribution in [0.15, 0.2) is 28.8 Å². The third-order valence-corrected chi connectivity index (χ3v) is 4.19. The number of likely N-dealkylation sites (tertiary alicyclic amines) is 1. The third-order valence-electron chi connectivity index (χ3n) is 4.19. The van der Waals surface area contributed by atoms with E-state index >= 15 is 0 Å². The lowest BCUT2D eigenvalue weighted by molar-refractivity contribution is -0.304. The van der Waals surface area contributed by atoms with E-state index in [0.29, 0.717) is 5.92 Å². The van der Waals surface area contributed by atoms with Crippen molar-refractivity contribution in [2.75, 3.05) is 26.7 Å². The number of carbonyl (C=O) groups excluding carboxylic acids is 1. The number of hydrogen-bond acceptors (Lipinski definition) is 5. The molecule has 1 fully saturated rings. The molecule has 154 valence electrons. The van der Waals surface area contributed by atoms with Gasteiger partial charge in [0, 0.05) is 19.1 Å². The molecule has 0 aromatic rings. The maximum Gasteiger partial charge on any atom is 0.573 e. The Morgan fingerprint density at radius 2 is 2.00 bits per heavy atom. The number of rotatable bonds is 8. The highest BCUT2D eigenvalue weighted by atomic mass is 19.4. The van der Waals surface area contributed by atoms with E-state index in [4.69, 9.17) is 4.74 Å². The Balaban J connectivity index is 2.82. The third kappa shape index (κ3) is 7.24. The normalized spacial score (nSPS) is 22.5. The van der Waals surface area contributed by atoms with E-state index in [1.165, 1.54) is 13.0 Å². The number of halogens is 3. The van der Waals surface area contributed by atoms with Gasteiger partial charge in [0.1, 0.15) is 6.61 Å². The summed E-state index contributed by atoms with van der Waals surface area (Å²) in [6.45, 7) is 11.5. The molecule has 2 atom stereocenters. The first kappa shape index (κ1) is 23.0. The SMILES string of the molecule is C=N/C(OCC(C)(C)C(=O)N[C@@H]1CN(C)C[C@H]1C)=C(\C=C/C)OC(F)(F)F. The quantitative estimate of drug-likeness (QED) is 0.392. The van der Waals surface area contributed by atoms with E-state index in [-0.39, 0.29) is 18.6 Å². The second-order valence-electron chi connectivity index (χ2n) is 7.33. The molecule has 0 aromatic carbocycles. The number of amides is 1. The molecule has 1 aliphatic heterocycles. The van der Waals surface area contributed by atoms with Crippen molar-refractivity contribution in [3.8, 4) is 0 Å². The molecule has 6 nitrogen and oxygen atoms in total. The molecule has 1 saturated heterocycles. The minimum Gasteiger partial charge on any atom is -0.474 e. The molecule has 1 aliphatic rings. The monoisotopic (exact) mass is 391 g/mol. The summed E-state index contributed by atoms with van der Waals surface area (Å²) in [4.78, 5) is 18.2. The van der Waals surface area contributed by atoms with Crippen LogP contribution in [0.4, 0.5) is 13.2 Å². The van der Waals surface area contributed by atoms with E-state index < -0.39 is 23.4 Å². The van der Waals surface area contributed by atoms with Gasteiger partial charge in [-0.2, -0.15) is 0 Å². The van der Waals surface area contributed by atoms with Crippen molar-refractivity contribution in [1.29, 1.82) is 0 Å². The Morgan fingerprint density at radius 1 is 1.37 bits per heavy atom. The van der Waals surface area contributed by atoms with Gasteiger partial charge in [0.15, 0.2) is 5.76 Å². The maximum atomic E-state index is 12.6. The fraction of sp³-hybridized carbons (Fsp3) is 0.667. The molecule has 0 saturated carbocycles. The van der Waals surface area contributed by atoms with Crippen LogP contribution in [0.2, 0.25) is 0 Å². The second-order valence-corrected chi connectivity index (χ2v) is 7.33. The van der Waals surface area contributed by atoms with Crippen molar-refractivity contribution in [2.24, 2.45) is 16.3 Å². The summed E-state index contributed by atoms with van der Waals surface area (Å²) in [5, 5.41) is 2.99. The maximum absolute atomic E-state index is 12.6. The standard InChI is InChI=1S/C18H28F3N3O3/c1-7-8-14(27-18(19,20)21)15(22-5)26-11-17(3,4)16(25)23-13-10-24(6)9-12(13)2/h7-8,12-13H,5,9-11H2,1-4,6H3,(H,23,25)/b8-7-,15-14-/t12-,13-/m1/s1. The number of allylic oxidation sites excluding steroid dienone is 2. The Kier molecular flexibility index (Phi) is 7.89. The predicted molar refractivity (Wildman–Crippen MR) is 96.9 cm³/mol. The van der Waals surface area contributed by atoms with Crippen molar-refractivity contribution in [3.63, 3.8) is 0 Å². The zero-order chi connectivity index (χ0) is 20.8. The Labute approximate surface area is 158 Å². The summed E-state index contributed by atoms with van der Waals surface area (Å²) in [6, 6.07) is 0.0152. The Bertz CT molecular complexity index is 600. The van der Waals surface area contributed by atoms with E-state index in [9.17, 15) is 18.0 Å². The predicted octanol–water partition coefficient (Wildman–Crippen LogP) is 3.08. The van der Waals surface area contributed by atoms with Gasteiger partial charge >= 0.3 is 6.36 Å². The van der Waals surface area contributed by atoms with Crippen molar-refractivity contribution in [3.05, 3.63) is 23.8 Å². The number of ether oxygens (including phenoxy) is 2. The smallest absolute Gasteiger partial charge is 0.474 e. The minimum absolute atomic E-state index is 0.0152. The largest absolute Gasteiger partial charge is 0.573 e. The summed E-state index contributed by atoms with van der Waals surface area (Å²) < 4.78 is 46.9. The average molecular weight is 391 g/mol. The van der Waals surface area contributed by atoms with Gasteiger partial charge in [-0.15, -0.1) is 13.2 Å². The number of likely N-dealkylation sites (N-methyl/N-ethyl adjacent to an activating group) is 1. The van der Waals surface area contributed by atoms with Crippen molar-refractivity contribution < 1.29 is 27.4 Å². The van der Waals surface area contributed by atoms with Gasteiger partial charge in [-0.1, -0.05) is 13.0 Å². The van der Waals surface area contributed by atoms with Gasteiger partial charge in [-0.25, -0.2) is 4.99 Å². The minimum atomic E-state index is -4.90. The lowest BCUT2D eigenvalue weighted by Gasteiger charge is -2.27. The molecule has 0 radical (unpaired) electrons. The number of alkyl halides is 3. The number of carbonyl (C=O) groups is 1. The summed E-state index contributed by atoms with van der Waals surface area (Å²) in [5.41, 5.74) is -0.990. The number of hydrogen-bond donors (Lipinski definition) is 1.